The number of nitrogens with zero attached hydrogens (tertiary/aromatic N) is 2. The van der Waals surface area contributed by atoms with E-state index in [9.17, 15) is 9.59 Å². The third kappa shape index (κ3) is 4.26. The van der Waals surface area contributed by atoms with Crippen molar-refractivity contribution in [2.75, 3.05) is 6.61 Å². The van der Waals surface area contributed by atoms with Crippen molar-refractivity contribution in [1.29, 1.82) is 0 Å². The molecule has 42 heavy (non-hydrogen) atoms. The first-order valence-corrected chi connectivity index (χ1v) is 15.1. The molecule has 0 radical (unpaired) electrons. The molecule has 210 valence electrons. The van der Waals surface area contributed by atoms with Gasteiger partial charge in [0.15, 0.2) is 11.5 Å². The maximum absolute atomic E-state index is 13.8. The Bertz CT molecular complexity index is 1660. The Morgan fingerprint density at radius 1 is 0.833 bits per heavy atom. The molecule has 4 aromatic rings. The zero-order chi connectivity index (χ0) is 29.0. The summed E-state index contributed by atoms with van der Waals surface area (Å²) in [6.45, 7) is 2.57. The Hall–Kier alpha value is -3.94. The van der Waals surface area contributed by atoms with Gasteiger partial charge in [-0.25, -0.2) is 0 Å². The van der Waals surface area contributed by atoms with E-state index >= 15 is 0 Å². The number of imide groups is 1. The summed E-state index contributed by atoms with van der Waals surface area (Å²) in [7, 11) is 0. The number of benzene rings is 4. The lowest BCUT2D eigenvalue weighted by Crippen LogP contribution is -2.41. The van der Waals surface area contributed by atoms with Gasteiger partial charge in [-0.3, -0.25) is 9.59 Å². The van der Waals surface area contributed by atoms with Gasteiger partial charge in [-0.2, -0.15) is 10.1 Å². The number of hydrogen-bond acceptors (Lipinski definition) is 5. The first-order chi connectivity index (χ1) is 20.5. The van der Waals surface area contributed by atoms with Gasteiger partial charge in [-0.15, -0.1) is 0 Å². The van der Waals surface area contributed by atoms with Crippen molar-refractivity contribution in [1.82, 2.24) is 5.01 Å². The molecular formula is C34H26BrClN2O4. The Morgan fingerprint density at radius 3 is 1.93 bits per heavy atom. The molecule has 1 fully saturated rings. The van der Waals surface area contributed by atoms with E-state index < -0.39 is 11.8 Å². The molecule has 0 aromatic heterocycles. The number of amides is 2. The minimum Gasteiger partial charge on any atom is -0.490 e. The van der Waals surface area contributed by atoms with Gasteiger partial charge in [-0.05, 0) is 68.9 Å². The number of carbonyl (C=O) groups excluding carboxylic acids is 2. The number of halogens is 2. The smallest absolute Gasteiger partial charge is 0.254 e. The molecule has 1 heterocycles. The molecule has 0 saturated carbocycles. The first kappa shape index (κ1) is 26.9. The van der Waals surface area contributed by atoms with E-state index in [4.69, 9.17) is 21.1 Å². The zero-order valence-electron chi connectivity index (χ0n) is 22.7. The zero-order valence-corrected chi connectivity index (χ0v) is 25.0. The molecular weight excluding hydrogens is 616 g/mol. The summed E-state index contributed by atoms with van der Waals surface area (Å²) in [5.74, 6) is -0.772. The average molecular weight is 642 g/mol. The van der Waals surface area contributed by atoms with Crippen molar-refractivity contribution >= 4 is 45.6 Å². The van der Waals surface area contributed by atoms with Crippen LogP contribution in [0.4, 0.5) is 0 Å². The van der Waals surface area contributed by atoms with Crippen LogP contribution in [-0.2, 0) is 16.2 Å². The van der Waals surface area contributed by atoms with Gasteiger partial charge in [0.2, 0.25) is 0 Å². The summed E-state index contributed by atoms with van der Waals surface area (Å²) >= 11 is 9.90. The van der Waals surface area contributed by atoms with Gasteiger partial charge < -0.3 is 9.47 Å². The highest BCUT2D eigenvalue weighted by atomic mass is 79.9. The van der Waals surface area contributed by atoms with Crippen LogP contribution in [0.5, 0.6) is 11.5 Å². The Balaban J connectivity index is 1.19. The molecule has 0 unspecified atom stereocenters. The third-order valence-corrected chi connectivity index (χ3v) is 9.37. The van der Waals surface area contributed by atoms with Gasteiger partial charge in [0.25, 0.3) is 11.8 Å². The summed E-state index contributed by atoms with van der Waals surface area (Å²) in [6, 6.07) is 27.5. The van der Waals surface area contributed by atoms with E-state index in [1.165, 1.54) is 6.21 Å². The van der Waals surface area contributed by atoms with Crippen molar-refractivity contribution in [2.24, 2.45) is 16.9 Å². The molecule has 8 heteroatoms. The van der Waals surface area contributed by atoms with E-state index in [1.54, 1.807) is 6.07 Å². The maximum Gasteiger partial charge on any atom is 0.254 e. The highest BCUT2D eigenvalue weighted by Crippen LogP contribution is 2.61. The minimum atomic E-state index is -0.476. The van der Waals surface area contributed by atoms with Crippen molar-refractivity contribution in [3.63, 3.8) is 0 Å². The third-order valence-electron chi connectivity index (χ3n) is 8.41. The average Bonchev–Trinajstić information content (AvgIpc) is 3.26. The van der Waals surface area contributed by atoms with Gasteiger partial charge >= 0.3 is 0 Å². The van der Waals surface area contributed by atoms with Gasteiger partial charge in [-0.1, -0.05) is 78.3 Å². The van der Waals surface area contributed by atoms with Crippen molar-refractivity contribution < 1.29 is 19.1 Å². The van der Waals surface area contributed by atoms with Gasteiger partial charge in [0, 0.05) is 22.4 Å². The monoisotopic (exact) mass is 640 g/mol. The highest BCUT2D eigenvalue weighted by Gasteiger charge is 2.61. The predicted octanol–water partition coefficient (Wildman–Crippen LogP) is 7.31. The topological polar surface area (TPSA) is 68.2 Å². The van der Waals surface area contributed by atoms with E-state index in [2.05, 4.69) is 45.3 Å². The highest BCUT2D eigenvalue weighted by molar-refractivity contribution is 9.10. The normalized spacial score (nSPS) is 21.8. The SMILES string of the molecule is CCOc1cc(/C=N\N2C(=O)[C@@H]3C4c5ccccc5C(c5ccccc54)[C@@H]3C2=O)cc(Br)c1OCc1ccccc1Cl. The second-order valence-electron chi connectivity index (χ2n) is 10.6. The molecule has 4 aromatic carbocycles. The Morgan fingerprint density at radius 2 is 1.38 bits per heavy atom. The quantitative estimate of drug-likeness (QED) is 0.157. The van der Waals surface area contributed by atoms with Crippen LogP contribution in [0, 0.1) is 11.8 Å². The minimum absolute atomic E-state index is 0.169. The van der Waals surface area contributed by atoms with Crippen LogP contribution in [0.3, 0.4) is 0 Å². The largest absolute Gasteiger partial charge is 0.490 e. The summed E-state index contributed by atoms with van der Waals surface area (Å²) < 4.78 is 12.6. The Labute approximate surface area is 257 Å². The number of carbonyl (C=O) groups is 2. The number of rotatable bonds is 7. The fraction of sp³-hybridized carbons (Fsp3) is 0.206. The molecule has 1 saturated heterocycles. The van der Waals surface area contributed by atoms with Crippen LogP contribution in [0.1, 0.15) is 52.1 Å². The van der Waals surface area contributed by atoms with Gasteiger partial charge in [0.1, 0.15) is 6.61 Å². The van der Waals surface area contributed by atoms with Gasteiger partial charge in [0.05, 0.1) is 29.1 Å². The lowest BCUT2D eigenvalue weighted by atomic mass is 9.55. The second kappa shape index (κ2) is 10.7. The molecule has 6 nitrogen and oxygen atoms in total. The standard InChI is InChI=1S/C34H26BrClN2O4/c1-2-41-27-16-19(15-25(35)32(27)42-18-20-9-3-8-14-26(20)36)17-37-38-33(39)30-28-21-10-4-5-11-22(21)29(31(30)34(38)40)24-13-7-6-12-23(24)28/h3-17,28-31H,2,18H2,1H3/b37-17-/t28?,29?,30-,31+. The van der Waals surface area contributed by atoms with Crippen LogP contribution >= 0.6 is 27.5 Å². The summed E-state index contributed by atoms with van der Waals surface area (Å²) in [6.07, 6.45) is 1.53. The predicted molar refractivity (Wildman–Crippen MR) is 164 cm³/mol. The lowest BCUT2D eigenvalue weighted by Gasteiger charge is -2.45. The summed E-state index contributed by atoms with van der Waals surface area (Å²) in [5, 5.41) is 6.15. The molecule has 0 spiro atoms. The lowest BCUT2D eigenvalue weighted by molar-refractivity contribution is -0.139. The first-order valence-electron chi connectivity index (χ1n) is 13.9. The molecule has 0 N–H and O–H groups in total. The molecule has 2 atom stereocenters. The van der Waals surface area contributed by atoms with E-state index in [1.807, 2.05) is 61.5 Å². The van der Waals surface area contributed by atoms with E-state index in [0.29, 0.717) is 33.2 Å². The number of ether oxygens (including phenoxy) is 2. The van der Waals surface area contributed by atoms with Crippen LogP contribution in [0.2, 0.25) is 5.02 Å². The molecule has 1 aliphatic heterocycles. The number of hydrogen-bond donors (Lipinski definition) is 0. The Kier molecular flexibility index (Phi) is 6.87. The molecule has 2 bridgehead atoms. The van der Waals surface area contributed by atoms with Crippen LogP contribution in [-0.4, -0.2) is 29.6 Å². The molecule has 4 aliphatic rings. The van der Waals surface area contributed by atoms with Crippen molar-refractivity contribution in [2.45, 2.75) is 25.4 Å². The molecule has 2 amide bonds. The van der Waals surface area contributed by atoms with Crippen LogP contribution in [0.25, 0.3) is 0 Å². The van der Waals surface area contributed by atoms with Crippen molar-refractivity contribution in [3.8, 4) is 11.5 Å². The fourth-order valence-corrected chi connectivity index (χ4v) is 7.50. The maximum atomic E-state index is 13.8. The fourth-order valence-electron chi connectivity index (χ4n) is 6.73. The second-order valence-corrected chi connectivity index (χ2v) is 11.9. The summed E-state index contributed by atoms with van der Waals surface area (Å²) in [5.41, 5.74) is 6.03. The van der Waals surface area contributed by atoms with Crippen LogP contribution in [0.15, 0.2) is 94.5 Å². The van der Waals surface area contributed by atoms with Crippen LogP contribution < -0.4 is 9.47 Å². The molecule has 8 rings (SSSR count). The van der Waals surface area contributed by atoms with E-state index in [-0.39, 0.29) is 30.3 Å². The number of hydrazone groups is 1. The summed E-state index contributed by atoms with van der Waals surface area (Å²) in [4.78, 5) is 27.7. The van der Waals surface area contributed by atoms with Crippen molar-refractivity contribution in [3.05, 3.63) is 128 Å². The van der Waals surface area contributed by atoms with E-state index in [0.717, 1.165) is 32.8 Å². The molecule has 3 aliphatic carbocycles.